The molecular weight excluding hydrogens is 316 g/mol. The molecule has 3 rings (SSSR count). The highest BCUT2D eigenvalue weighted by Gasteiger charge is 2.32. The summed E-state index contributed by atoms with van der Waals surface area (Å²) in [6.45, 7) is 6.31. The molecule has 1 aliphatic heterocycles. The number of amides is 2. The van der Waals surface area contributed by atoms with Crippen molar-refractivity contribution < 1.29 is 9.59 Å². The summed E-state index contributed by atoms with van der Waals surface area (Å²) in [5, 5.41) is 7.28. The van der Waals surface area contributed by atoms with Crippen LogP contribution in [0.4, 0.5) is 5.69 Å². The molecule has 1 fully saturated rings. The van der Waals surface area contributed by atoms with E-state index in [2.05, 4.69) is 10.4 Å². The molecule has 1 saturated heterocycles. The van der Waals surface area contributed by atoms with Crippen LogP contribution in [0.15, 0.2) is 36.4 Å². The maximum atomic E-state index is 12.8. The van der Waals surface area contributed by atoms with Crippen LogP contribution in [0, 0.1) is 13.8 Å². The predicted octanol–water partition coefficient (Wildman–Crippen LogP) is 2.37. The third-order valence-corrected chi connectivity index (χ3v) is 4.61. The van der Waals surface area contributed by atoms with Gasteiger partial charge in [-0.15, -0.1) is 0 Å². The van der Waals surface area contributed by atoms with E-state index in [0.29, 0.717) is 13.0 Å². The van der Waals surface area contributed by atoms with Gasteiger partial charge >= 0.3 is 0 Å². The Balaban J connectivity index is 1.70. The number of hydrogen-bond donors (Lipinski definition) is 1. The molecule has 132 valence electrons. The number of benzene rings is 1. The molecule has 0 spiro atoms. The van der Waals surface area contributed by atoms with Crippen LogP contribution in [0.5, 0.6) is 0 Å². The van der Waals surface area contributed by atoms with E-state index in [1.165, 1.54) is 0 Å². The van der Waals surface area contributed by atoms with Gasteiger partial charge in [-0.3, -0.25) is 14.3 Å². The van der Waals surface area contributed by atoms with Crippen molar-refractivity contribution in [2.75, 3.05) is 11.4 Å². The Kier molecular flexibility index (Phi) is 4.88. The smallest absolute Gasteiger partial charge is 0.249 e. The van der Waals surface area contributed by atoms with Crippen LogP contribution in [0.25, 0.3) is 0 Å². The number of nitrogens with one attached hydrogen (secondary N) is 1. The molecule has 2 unspecified atom stereocenters. The Morgan fingerprint density at radius 1 is 1.28 bits per heavy atom. The summed E-state index contributed by atoms with van der Waals surface area (Å²) in [6.07, 6.45) is 1.53. The Morgan fingerprint density at radius 2 is 2.00 bits per heavy atom. The lowest BCUT2D eigenvalue weighted by molar-refractivity contribution is -0.130. The molecule has 0 aliphatic carbocycles. The Morgan fingerprint density at radius 3 is 2.64 bits per heavy atom. The molecule has 2 atom stereocenters. The van der Waals surface area contributed by atoms with E-state index in [4.69, 9.17) is 0 Å². The van der Waals surface area contributed by atoms with Crippen LogP contribution in [0.2, 0.25) is 0 Å². The zero-order valence-electron chi connectivity index (χ0n) is 14.9. The van der Waals surface area contributed by atoms with Gasteiger partial charge in [0, 0.05) is 17.9 Å². The number of rotatable bonds is 4. The molecule has 2 aromatic rings. The van der Waals surface area contributed by atoms with Crippen LogP contribution >= 0.6 is 0 Å². The quantitative estimate of drug-likeness (QED) is 0.929. The van der Waals surface area contributed by atoms with E-state index >= 15 is 0 Å². The van der Waals surface area contributed by atoms with Crippen molar-refractivity contribution in [2.24, 2.45) is 0 Å². The average Bonchev–Trinajstić information content (AvgIpc) is 2.95. The summed E-state index contributed by atoms with van der Waals surface area (Å²) in [6, 6.07) is 10.6. The Hall–Kier alpha value is -2.63. The summed E-state index contributed by atoms with van der Waals surface area (Å²) in [7, 11) is 0. The highest BCUT2D eigenvalue weighted by molar-refractivity contribution is 6.00. The largest absolute Gasteiger partial charge is 0.342 e. The van der Waals surface area contributed by atoms with Gasteiger partial charge in [-0.25, -0.2) is 0 Å². The predicted molar refractivity (Wildman–Crippen MR) is 96.4 cm³/mol. The molecule has 0 bridgehead atoms. The molecule has 1 aliphatic rings. The van der Waals surface area contributed by atoms with Gasteiger partial charge in [0.15, 0.2) is 0 Å². The number of piperidine rings is 1. The van der Waals surface area contributed by atoms with Crippen molar-refractivity contribution in [3.05, 3.63) is 47.8 Å². The van der Waals surface area contributed by atoms with Gasteiger partial charge in [0.2, 0.25) is 11.8 Å². The van der Waals surface area contributed by atoms with E-state index in [1.54, 1.807) is 16.5 Å². The molecule has 6 nitrogen and oxygen atoms in total. The fourth-order valence-electron chi connectivity index (χ4n) is 3.32. The number of nitrogens with zero attached hydrogens (tertiary/aromatic N) is 3. The van der Waals surface area contributed by atoms with Gasteiger partial charge in [-0.05, 0) is 51.8 Å². The first-order valence-corrected chi connectivity index (χ1v) is 8.67. The summed E-state index contributed by atoms with van der Waals surface area (Å²) in [5.74, 6) is -0.231. The van der Waals surface area contributed by atoms with Crippen molar-refractivity contribution in [2.45, 2.75) is 45.7 Å². The first-order chi connectivity index (χ1) is 12.0. The standard InChI is InChI=1S/C19H24N4O2/c1-13-12-14(2)23(21-13)15(3)18(24)20-17-10-7-11-22(19(17)25)16-8-5-4-6-9-16/h4-6,8-9,12,15,17H,7,10-11H2,1-3H3,(H,20,24). The zero-order valence-corrected chi connectivity index (χ0v) is 14.9. The van der Waals surface area contributed by atoms with Gasteiger partial charge in [0.25, 0.3) is 0 Å². The van der Waals surface area contributed by atoms with E-state index in [9.17, 15) is 9.59 Å². The number of carbonyl (C=O) groups excluding carboxylic acids is 2. The normalized spacial score (nSPS) is 18.9. The molecule has 0 radical (unpaired) electrons. The molecule has 25 heavy (non-hydrogen) atoms. The molecular formula is C19H24N4O2. The summed E-state index contributed by atoms with van der Waals surface area (Å²) in [5.41, 5.74) is 2.68. The highest BCUT2D eigenvalue weighted by atomic mass is 16.2. The number of anilines is 1. The first kappa shape index (κ1) is 17.2. The fourth-order valence-corrected chi connectivity index (χ4v) is 3.32. The third kappa shape index (κ3) is 3.57. The minimum atomic E-state index is -0.485. The first-order valence-electron chi connectivity index (χ1n) is 8.67. The molecule has 2 amide bonds. The molecule has 2 heterocycles. The lowest BCUT2D eigenvalue weighted by atomic mass is 10.0. The monoisotopic (exact) mass is 340 g/mol. The Bertz CT molecular complexity index is 769. The summed E-state index contributed by atoms with van der Waals surface area (Å²) < 4.78 is 1.70. The van der Waals surface area contributed by atoms with Crippen molar-refractivity contribution in [3.8, 4) is 0 Å². The van der Waals surface area contributed by atoms with Crippen LogP contribution in [-0.4, -0.2) is 34.2 Å². The van der Waals surface area contributed by atoms with Crippen LogP contribution in [0.3, 0.4) is 0 Å². The average molecular weight is 340 g/mol. The van der Waals surface area contributed by atoms with E-state index in [-0.39, 0.29) is 11.8 Å². The highest BCUT2D eigenvalue weighted by Crippen LogP contribution is 2.21. The van der Waals surface area contributed by atoms with Crippen molar-refractivity contribution >= 4 is 17.5 Å². The van der Waals surface area contributed by atoms with Crippen LogP contribution in [-0.2, 0) is 9.59 Å². The lowest BCUT2D eigenvalue weighted by Gasteiger charge is -2.33. The van der Waals surface area contributed by atoms with Gasteiger partial charge in [0.05, 0.1) is 5.69 Å². The molecule has 1 N–H and O–H groups in total. The fraction of sp³-hybridized carbons (Fsp3) is 0.421. The molecule has 1 aromatic heterocycles. The number of carbonyl (C=O) groups is 2. The summed E-state index contributed by atoms with van der Waals surface area (Å²) in [4.78, 5) is 27.2. The maximum Gasteiger partial charge on any atom is 0.249 e. The van der Waals surface area contributed by atoms with Crippen LogP contribution < -0.4 is 10.2 Å². The number of aryl methyl sites for hydroxylation is 2. The number of hydrogen-bond acceptors (Lipinski definition) is 3. The second-order valence-electron chi connectivity index (χ2n) is 6.58. The van der Waals surface area contributed by atoms with Crippen molar-refractivity contribution in [1.29, 1.82) is 0 Å². The second-order valence-corrected chi connectivity index (χ2v) is 6.58. The number of para-hydroxylation sites is 1. The molecule has 1 aromatic carbocycles. The van der Waals surface area contributed by atoms with E-state index < -0.39 is 12.1 Å². The van der Waals surface area contributed by atoms with Crippen molar-refractivity contribution in [1.82, 2.24) is 15.1 Å². The number of aromatic nitrogens is 2. The van der Waals surface area contributed by atoms with Gasteiger partial charge in [0.1, 0.15) is 12.1 Å². The minimum Gasteiger partial charge on any atom is -0.342 e. The van der Waals surface area contributed by atoms with Crippen molar-refractivity contribution in [3.63, 3.8) is 0 Å². The van der Waals surface area contributed by atoms with Gasteiger partial charge < -0.3 is 10.2 Å². The van der Waals surface area contributed by atoms with E-state index in [1.807, 2.05) is 50.2 Å². The topological polar surface area (TPSA) is 67.2 Å². The third-order valence-electron chi connectivity index (χ3n) is 4.61. The summed E-state index contributed by atoms with van der Waals surface area (Å²) >= 11 is 0. The van der Waals surface area contributed by atoms with Gasteiger partial charge in [-0.1, -0.05) is 18.2 Å². The lowest BCUT2D eigenvalue weighted by Crippen LogP contribution is -2.53. The van der Waals surface area contributed by atoms with Crippen LogP contribution in [0.1, 0.15) is 37.2 Å². The minimum absolute atomic E-state index is 0.0497. The molecule has 0 saturated carbocycles. The molecule has 6 heteroatoms. The van der Waals surface area contributed by atoms with E-state index in [0.717, 1.165) is 23.5 Å². The second kappa shape index (κ2) is 7.09. The SMILES string of the molecule is Cc1cc(C)n(C(C)C(=O)NC2CCCN(c3ccccc3)C2=O)n1. The maximum absolute atomic E-state index is 12.8. The Labute approximate surface area is 147 Å². The zero-order chi connectivity index (χ0) is 18.0. The van der Waals surface area contributed by atoms with Gasteiger partial charge in [-0.2, -0.15) is 5.10 Å².